The Morgan fingerprint density at radius 3 is 2.46 bits per heavy atom. The van der Waals surface area contributed by atoms with Gasteiger partial charge in [-0.15, -0.1) is 0 Å². The fourth-order valence-corrected chi connectivity index (χ4v) is 3.22. The Hall–Kier alpha value is -3.20. The molecule has 0 unspecified atom stereocenters. The molecule has 3 aromatic carbocycles. The van der Waals surface area contributed by atoms with Crippen LogP contribution in [0.1, 0.15) is 5.56 Å². The molecule has 0 saturated heterocycles. The average Bonchev–Trinajstić information content (AvgIpc) is 2.98. The van der Waals surface area contributed by atoms with Gasteiger partial charge in [-0.2, -0.15) is 0 Å². The molecule has 0 N–H and O–H groups in total. The summed E-state index contributed by atoms with van der Waals surface area (Å²) in [5.41, 5.74) is 3.88. The SMILES string of the molecule is Cc1cnc(-c2cccc3cc4c(cc23)oc2ccccc24)nc1. The van der Waals surface area contributed by atoms with Crippen LogP contribution in [-0.2, 0) is 0 Å². The molecule has 2 heterocycles. The predicted octanol–water partition coefficient (Wildman–Crippen LogP) is 5.50. The lowest BCUT2D eigenvalue weighted by Crippen LogP contribution is -1.90. The minimum Gasteiger partial charge on any atom is -0.456 e. The fraction of sp³-hybridized carbons (Fsp3) is 0.0476. The minimum absolute atomic E-state index is 0.738. The summed E-state index contributed by atoms with van der Waals surface area (Å²) in [6.45, 7) is 1.99. The van der Waals surface area contributed by atoms with Gasteiger partial charge in [0.15, 0.2) is 5.82 Å². The van der Waals surface area contributed by atoms with Crippen LogP contribution in [0, 0.1) is 6.92 Å². The molecule has 0 aliphatic carbocycles. The lowest BCUT2D eigenvalue weighted by molar-refractivity contribution is 0.669. The van der Waals surface area contributed by atoms with Crippen molar-refractivity contribution in [1.29, 1.82) is 0 Å². The van der Waals surface area contributed by atoms with Crippen molar-refractivity contribution in [2.45, 2.75) is 6.92 Å². The molecule has 0 aliphatic rings. The van der Waals surface area contributed by atoms with Gasteiger partial charge in [0.25, 0.3) is 0 Å². The molecular formula is C21H14N2O. The van der Waals surface area contributed by atoms with Crippen molar-refractivity contribution in [3.05, 3.63) is 72.6 Å². The van der Waals surface area contributed by atoms with E-state index in [-0.39, 0.29) is 0 Å². The molecule has 0 bridgehead atoms. The van der Waals surface area contributed by atoms with Gasteiger partial charge in [-0.05, 0) is 41.5 Å². The molecule has 0 saturated carbocycles. The second-order valence-corrected chi connectivity index (χ2v) is 6.06. The summed E-state index contributed by atoms with van der Waals surface area (Å²) in [5, 5.41) is 4.55. The predicted molar refractivity (Wildman–Crippen MR) is 97.0 cm³/mol. The van der Waals surface area contributed by atoms with E-state index in [4.69, 9.17) is 4.42 Å². The molecule has 0 aliphatic heterocycles. The van der Waals surface area contributed by atoms with E-state index in [1.165, 1.54) is 0 Å². The molecule has 0 radical (unpaired) electrons. The highest BCUT2D eigenvalue weighted by molar-refractivity contribution is 6.12. The zero-order valence-electron chi connectivity index (χ0n) is 13.2. The Kier molecular flexibility index (Phi) is 2.71. The lowest BCUT2D eigenvalue weighted by Gasteiger charge is -2.06. The Labute approximate surface area is 138 Å². The van der Waals surface area contributed by atoms with Crippen molar-refractivity contribution < 1.29 is 4.42 Å². The quantitative estimate of drug-likeness (QED) is 0.410. The molecule has 114 valence electrons. The maximum Gasteiger partial charge on any atom is 0.159 e. The second kappa shape index (κ2) is 4.90. The first kappa shape index (κ1) is 13.3. The first-order chi connectivity index (χ1) is 11.8. The third-order valence-electron chi connectivity index (χ3n) is 4.40. The standard InChI is InChI=1S/C21H14N2O/c1-13-11-22-21(23-12-13)16-7-4-5-14-9-18-15-6-2-3-8-19(15)24-20(18)10-17(14)16/h2-12H,1H3. The molecule has 0 spiro atoms. The van der Waals surface area contributed by atoms with Crippen LogP contribution in [0.3, 0.4) is 0 Å². The molecular weight excluding hydrogens is 296 g/mol. The first-order valence-electron chi connectivity index (χ1n) is 7.93. The summed E-state index contributed by atoms with van der Waals surface area (Å²) in [7, 11) is 0. The zero-order valence-corrected chi connectivity index (χ0v) is 13.2. The van der Waals surface area contributed by atoms with Crippen molar-refractivity contribution in [3.8, 4) is 11.4 Å². The molecule has 5 rings (SSSR count). The summed E-state index contributed by atoms with van der Waals surface area (Å²) in [6, 6.07) is 18.7. The molecule has 0 fully saturated rings. The summed E-state index contributed by atoms with van der Waals surface area (Å²) in [6.07, 6.45) is 3.70. The molecule has 3 heteroatoms. The van der Waals surface area contributed by atoms with Crippen LogP contribution in [0.4, 0.5) is 0 Å². The number of para-hydroxylation sites is 1. The van der Waals surface area contributed by atoms with Crippen LogP contribution in [0.25, 0.3) is 44.1 Å². The van der Waals surface area contributed by atoms with Gasteiger partial charge >= 0.3 is 0 Å². The van der Waals surface area contributed by atoms with Gasteiger partial charge in [-0.3, -0.25) is 0 Å². The maximum absolute atomic E-state index is 6.03. The summed E-state index contributed by atoms with van der Waals surface area (Å²) >= 11 is 0. The van der Waals surface area contributed by atoms with Crippen molar-refractivity contribution in [1.82, 2.24) is 9.97 Å². The third-order valence-corrected chi connectivity index (χ3v) is 4.40. The Bertz CT molecular complexity index is 1200. The third kappa shape index (κ3) is 1.91. The van der Waals surface area contributed by atoms with Crippen molar-refractivity contribution in [2.75, 3.05) is 0 Å². The lowest BCUT2D eigenvalue weighted by atomic mass is 10.0. The van der Waals surface area contributed by atoms with E-state index in [0.717, 1.165) is 49.7 Å². The van der Waals surface area contributed by atoms with Crippen LogP contribution in [0.15, 0.2) is 71.4 Å². The topological polar surface area (TPSA) is 38.9 Å². The van der Waals surface area contributed by atoms with Gasteiger partial charge in [0, 0.05) is 28.7 Å². The van der Waals surface area contributed by atoms with E-state index in [9.17, 15) is 0 Å². The number of fused-ring (bicyclic) bond motifs is 4. The van der Waals surface area contributed by atoms with E-state index in [2.05, 4.69) is 46.4 Å². The number of hydrogen-bond acceptors (Lipinski definition) is 3. The van der Waals surface area contributed by atoms with Gasteiger partial charge in [0.05, 0.1) is 0 Å². The highest BCUT2D eigenvalue weighted by Crippen LogP contribution is 2.35. The van der Waals surface area contributed by atoms with E-state index >= 15 is 0 Å². The zero-order chi connectivity index (χ0) is 16.1. The van der Waals surface area contributed by atoms with Crippen molar-refractivity contribution in [2.24, 2.45) is 0 Å². The number of rotatable bonds is 1. The monoisotopic (exact) mass is 310 g/mol. The summed E-state index contributed by atoms with van der Waals surface area (Å²) < 4.78 is 6.03. The summed E-state index contributed by atoms with van der Waals surface area (Å²) in [5.74, 6) is 0.738. The maximum atomic E-state index is 6.03. The Morgan fingerprint density at radius 1 is 0.750 bits per heavy atom. The van der Waals surface area contributed by atoms with Gasteiger partial charge < -0.3 is 4.42 Å². The largest absolute Gasteiger partial charge is 0.456 e. The van der Waals surface area contributed by atoms with Crippen LogP contribution >= 0.6 is 0 Å². The Balaban J connectivity index is 1.86. The fourth-order valence-electron chi connectivity index (χ4n) is 3.22. The van der Waals surface area contributed by atoms with E-state index in [1.807, 2.05) is 37.5 Å². The molecule has 2 aromatic heterocycles. The van der Waals surface area contributed by atoms with Crippen molar-refractivity contribution in [3.63, 3.8) is 0 Å². The average molecular weight is 310 g/mol. The number of aromatic nitrogens is 2. The molecule has 3 nitrogen and oxygen atoms in total. The van der Waals surface area contributed by atoms with Crippen LogP contribution in [-0.4, -0.2) is 9.97 Å². The number of nitrogens with zero attached hydrogens (tertiary/aromatic N) is 2. The Morgan fingerprint density at radius 2 is 1.58 bits per heavy atom. The molecule has 5 aromatic rings. The van der Waals surface area contributed by atoms with E-state index < -0.39 is 0 Å². The normalized spacial score (nSPS) is 11.5. The van der Waals surface area contributed by atoms with E-state index in [0.29, 0.717) is 0 Å². The first-order valence-corrected chi connectivity index (χ1v) is 7.93. The second-order valence-electron chi connectivity index (χ2n) is 6.06. The minimum atomic E-state index is 0.738. The highest BCUT2D eigenvalue weighted by atomic mass is 16.3. The van der Waals surface area contributed by atoms with Crippen LogP contribution < -0.4 is 0 Å². The summed E-state index contributed by atoms with van der Waals surface area (Å²) in [4.78, 5) is 8.96. The number of hydrogen-bond donors (Lipinski definition) is 0. The van der Waals surface area contributed by atoms with E-state index in [1.54, 1.807) is 0 Å². The van der Waals surface area contributed by atoms with Gasteiger partial charge in [0.2, 0.25) is 0 Å². The van der Waals surface area contributed by atoms with Gasteiger partial charge in [-0.25, -0.2) is 9.97 Å². The number of furan rings is 1. The highest BCUT2D eigenvalue weighted by Gasteiger charge is 2.11. The molecule has 24 heavy (non-hydrogen) atoms. The smallest absolute Gasteiger partial charge is 0.159 e. The van der Waals surface area contributed by atoms with Gasteiger partial charge in [-0.1, -0.05) is 36.4 Å². The van der Waals surface area contributed by atoms with Crippen molar-refractivity contribution >= 4 is 32.7 Å². The number of aryl methyl sites for hydroxylation is 1. The van der Waals surface area contributed by atoms with Crippen LogP contribution in [0.5, 0.6) is 0 Å². The van der Waals surface area contributed by atoms with Crippen LogP contribution in [0.2, 0.25) is 0 Å². The molecule has 0 amide bonds. The number of benzene rings is 3. The molecule has 0 atom stereocenters. The van der Waals surface area contributed by atoms with Gasteiger partial charge in [0.1, 0.15) is 11.2 Å².